The molecule has 7 heteroatoms. The van der Waals surface area contributed by atoms with Crippen LogP contribution in [-0.4, -0.2) is 51.9 Å². The van der Waals surface area contributed by atoms with Crippen molar-refractivity contribution in [3.63, 3.8) is 0 Å². The number of aromatic amines is 1. The third-order valence-corrected chi connectivity index (χ3v) is 4.49. The molecule has 1 aromatic carbocycles. The molecule has 0 radical (unpaired) electrons. The van der Waals surface area contributed by atoms with Crippen LogP contribution in [0.2, 0.25) is 5.02 Å². The van der Waals surface area contributed by atoms with Gasteiger partial charge in [0.15, 0.2) is 6.61 Å². The number of ether oxygens (including phenoxy) is 1. The number of carbonyl (C=O) groups excluding carboxylic acids is 1. The van der Waals surface area contributed by atoms with Gasteiger partial charge in [0.05, 0.1) is 16.8 Å². The fourth-order valence-corrected chi connectivity index (χ4v) is 3.09. The van der Waals surface area contributed by atoms with Gasteiger partial charge in [0.2, 0.25) is 0 Å². The second-order valence-electron chi connectivity index (χ2n) is 6.09. The summed E-state index contributed by atoms with van der Waals surface area (Å²) in [4.78, 5) is 13.9. The molecule has 3 rings (SSSR count). The van der Waals surface area contributed by atoms with E-state index in [1.54, 1.807) is 29.2 Å². The average Bonchev–Trinajstić information content (AvgIpc) is 3.13. The molecule has 1 amide bonds. The second-order valence-corrected chi connectivity index (χ2v) is 6.50. The molecule has 0 bridgehead atoms. The summed E-state index contributed by atoms with van der Waals surface area (Å²) in [7, 11) is 0. The lowest BCUT2D eigenvalue weighted by molar-refractivity contribution is -0.132. The first-order valence-electron chi connectivity index (χ1n) is 7.87. The van der Waals surface area contributed by atoms with Crippen molar-refractivity contribution in [3.05, 3.63) is 46.7 Å². The van der Waals surface area contributed by atoms with Crippen LogP contribution in [0.4, 0.5) is 0 Å². The van der Waals surface area contributed by atoms with E-state index in [0.717, 1.165) is 11.4 Å². The number of likely N-dealkylation sites (tertiary alicyclic amines) is 1. The molecule has 1 aromatic heterocycles. The van der Waals surface area contributed by atoms with Crippen molar-refractivity contribution in [2.24, 2.45) is 5.92 Å². The predicted molar refractivity (Wildman–Crippen MR) is 90.1 cm³/mol. The number of nitrogens with zero attached hydrogens (tertiary/aromatic N) is 2. The molecule has 24 heavy (non-hydrogen) atoms. The highest BCUT2D eigenvalue weighted by Gasteiger charge is 2.34. The van der Waals surface area contributed by atoms with Gasteiger partial charge >= 0.3 is 0 Å². The minimum absolute atomic E-state index is 0.0167. The average molecular weight is 350 g/mol. The Labute approximate surface area is 145 Å². The summed E-state index contributed by atoms with van der Waals surface area (Å²) >= 11 is 6.01. The zero-order valence-corrected chi connectivity index (χ0v) is 14.2. The van der Waals surface area contributed by atoms with Gasteiger partial charge in [-0.2, -0.15) is 5.10 Å². The SMILES string of the molecule is Cc1cc(C[C@@H]2CN(C(=O)COc3ccccc3Cl)C[C@H]2O)n[nH]1. The van der Waals surface area contributed by atoms with Gasteiger partial charge in [-0.15, -0.1) is 0 Å². The van der Waals surface area contributed by atoms with Crippen molar-refractivity contribution in [2.75, 3.05) is 19.7 Å². The molecule has 0 spiro atoms. The maximum absolute atomic E-state index is 12.3. The van der Waals surface area contributed by atoms with E-state index in [4.69, 9.17) is 16.3 Å². The zero-order valence-electron chi connectivity index (χ0n) is 13.4. The Hall–Kier alpha value is -2.05. The Morgan fingerprint density at radius 2 is 2.25 bits per heavy atom. The number of hydrogen-bond acceptors (Lipinski definition) is 4. The Morgan fingerprint density at radius 1 is 1.46 bits per heavy atom. The first-order chi connectivity index (χ1) is 11.5. The van der Waals surface area contributed by atoms with Gasteiger partial charge in [-0.05, 0) is 31.5 Å². The van der Waals surface area contributed by atoms with E-state index in [1.165, 1.54) is 0 Å². The van der Waals surface area contributed by atoms with Gasteiger partial charge in [0.25, 0.3) is 5.91 Å². The Kier molecular flexibility index (Phi) is 5.06. The number of para-hydroxylation sites is 1. The van der Waals surface area contributed by atoms with Crippen LogP contribution in [0.3, 0.4) is 0 Å². The van der Waals surface area contributed by atoms with E-state index in [1.807, 2.05) is 13.0 Å². The van der Waals surface area contributed by atoms with Crippen LogP contribution in [0.5, 0.6) is 5.75 Å². The summed E-state index contributed by atoms with van der Waals surface area (Å²) in [5.41, 5.74) is 1.89. The van der Waals surface area contributed by atoms with Crippen LogP contribution in [0.25, 0.3) is 0 Å². The first-order valence-corrected chi connectivity index (χ1v) is 8.25. The highest BCUT2D eigenvalue weighted by Crippen LogP contribution is 2.24. The normalized spacial score (nSPS) is 20.4. The van der Waals surface area contributed by atoms with E-state index in [9.17, 15) is 9.90 Å². The van der Waals surface area contributed by atoms with Gasteiger partial charge < -0.3 is 14.7 Å². The maximum Gasteiger partial charge on any atom is 0.260 e. The van der Waals surface area contributed by atoms with Crippen LogP contribution in [-0.2, 0) is 11.2 Å². The number of nitrogens with one attached hydrogen (secondary N) is 1. The molecule has 1 aliphatic rings. The van der Waals surface area contributed by atoms with Crippen molar-refractivity contribution >= 4 is 17.5 Å². The maximum atomic E-state index is 12.3. The number of carbonyl (C=O) groups is 1. The standard InChI is InChI=1S/C17H20ClN3O3/c1-11-6-13(20-19-11)7-12-8-21(9-15(12)22)17(23)10-24-16-5-3-2-4-14(16)18/h2-6,12,15,22H,7-10H2,1H3,(H,19,20)/t12-,15-/m1/s1. The van der Waals surface area contributed by atoms with Gasteiger partial charge in [-0.3, -0.25) is 9.89 Å². The molecule has 0 unspecified atom stereocenters. The van der Waals surface area contributed by atoms with E-state index >= 15 is 0 Å². The smallest absolute Gasteiger partial charge is 0.260 e. The highest BCUT2D eigenvalue weighted by molar-refractivity contribution is 6.32. The molecular weight excluding hydrogens is 330 g/mol. The Bertz CT molecular complexity index is 719. The number of aryl methyl sites for hydroxylation is 1. The van der Waals surface area contributed by atoms with E-state index in [-0.39, 0.29) is 18.4 Å². The summed E-state index contributed by atoms with van der Waals surface area (Å²) in [5.74, 6) is 0.308. The minimum Gasteiger partial charge on any atom is -0.482 e. The van der Waals surface area contributed by atoms with Gasteiger partial charge in [0, 0.05) is 24.7 Å². The van der Waals surface area contributed by atoms with E-state index in [0.29, 0.717) is 30.3 Å². The van der Waals surface area contributed by atoms with Gasteiger partial charge in [0.1, 0.15) is 5.75 Å². The van der Waals surface area contributed by atoms with Crippen molar-refractivity contribution in [1.82, 2.24) is 15.1 Å². The fourth-order valence-electron chi connectivity index (χ4n) is 2.90. The first kappa shape index (κ1) is 16.8. The van der Waals surface area contributed by atoms with Crippen LogP contribution < -0.4 is 4.74 Å². The van der Waals surface area contributed by atoms with Crippen LogP contribution in [0.1, 0.15) is 11.4 Å². The molecule has 2 atom stereocenters. The molecule has 1 aliphatic heterocycles. The Morgan fingerprint density at radius 3 is 2.96 bits per heavy atom. The third kappa shape index (κ3) is 3.88. The molecule has 0 saturated carbocycles. The largest absolute Gasteiger partial charge is 0.482 e. The van der Waals surface area contributed by atoms with E-state index in [2.05, 4.69) is 10.2 Å². The lowest BCUT2D eigenvalue weighted by Crippen LogP contribution is -2.33. The molecule has 1 saturated heterocycles. The predicted octanol–water partition coefficient (Wildman–Crippen LogP) is 1.81. The molecule has 1 fully saturated rings. The molecule has 2 N–H and O–H groups in total. The minimum atomic E-state index is -0.550. The number of H-pyrrole nitrogens is 1. The molecule has 0 aliphatic carbocycles. The lowest BCUT2D eigenvalue weighted by Gasteiger charge is -2.16. The quantitative estimate of drug-likeness (QED) is 0.863. The summed E-state index contributed by atoms with van der Waals surface area (Å²) < 4.78 is 5.48. The fraction of sp³-hybridized carbons (Fsp3) is 0.412. The van der Waals surface area contributed by atoms with Crippen LogP contribution in [0.15, 0.2) is 30.3 Å². The number of rotatable bonds is 5. The van der Waals surface area contributed by atoms with Crippen molar-refractivity contribution in [2.45, 2.75) is 19.4 Å². The lowest BCUT2D eigenvalue weighted by atomic mass is 10.0. The third-order valence-electron chi connectivity index (χ3n) is 4.18. The highest BCUT2D eigenvalue weighted by atomic mass is 35.5. The monoisotopic (exact) mass is 349 g/mol. The number of amides is 1. The number of β-amino-alcohol motifs (C(OH)–C–C–N with tert-alkyl or cyclic N) is 1. The summed E-state index contributed by atoms with van der Waals surface area (Å²) in [5, 5.41) is 17.8. The molecule has 2 heterocycles. The molecule has 6 nitrogen and oxygen atoms in total. The Balaban J connectivity index is 1.54. The summed E-state index contributed by atoms with van der Waals surface area (Å²) in [6.07, 6.45) is 0.0898. The van der Waals surface area contributed by atoms with Crippen molar-refractivity contribution in [1.29, 1.82) is 0 Å². The number of aliphatic hydroxyl groups excluding tert-OH is 1. The summed E-state index contributed by atoms with van der Waals surface area (Å²) in [6.45, 7) is 2.66. The number of aliphatic hydroxyl groups is 1. The van der Waals surface area contributed by atoms with Crippen molar-refractivity contribution < 1.29 is 14.6 Å². The molecular formula is C17H20ClN3O3. The van der Waals surface area contributed by atoms with E-state index < -0.39 is 6.10 Å². The number of benzene rings is 1. The van der Waals surface area contributed by atoms with Crippen LogP contribution in [0, 0.1) is 12.8 Å². The van der Waals surface area contributed by atoms with Crippen LogP contribution >= 0.6 is 11.6 Å². The van der Waals surface area contributed by atoms with Crippen molar-refractivity contribution in [3.8, 4) is 5.75 Å². The second kappa shape index (κ2) is 7.23. The summed E-state index contributed by atoms with van der Waals surface area (Å²) in [6, 6.07) is 8.99. The van der Waals surface area contributed by atoms with Gasteiger partial charge in [-0.25, -0.2) is 0 Å². The van der Waals surface area contributed by atoms with Gasteiger partial charge in [-0.1, -0.05) is 23.7 Å². The molecule has 2 aromatic rings. The zero-order chi connectivity index (χ0) is 17.1. The number of hydrogen-bond donors (Lipinski definition) is 2. The number of aromatic nitrogens is 2. The molecule has 128 valence electrons. The number of halogens is 1. The topological polar surface area (TPSA) is 78.5 Å².